The first-order chi connectivity index (χ1) is 9.68. The summed E-state index contributed by atoms with van der Waals surface area (Å²) in [6, 6.07) is 8.16. The average Bonchev–Trinajstić information content (AvgIpc) is 2.76. The summed E-state index contributed by atoms with van der Waals surface area (Å²) in [5, 5.41) is 0. The summed E-state index contributed by atoms with van der Waals surface area (Å²) in [7, 11) is -3.28. The lowest BCUT2D eigenvalue weighted by Gasteiger charge is -2.32. The zero-order valence-corrected chi connectivity index (χ0v) is 12.6. The molecular weight excluding hydrogens is 272 g/mol. The minimum atomic E-state index is -3.28. The minimum Gasteiger partial charge on any atom is -0.195 e. The lowest BCUT2D eigenvalue weighted by molar-refractivity contribution is 0.328. The van der Waals surface area contributed by atoms with E-state index in [1.54, 1.807) is 8.61 Å². The normalized spacial score (nSPS) is 22.2. The molecule has 0 radical (unpaired) electrons. The Kier molecular flexibility index (Phi) is 4.10. The number of fused-ring (bicyclic) bond motifs is 1. The highest BCUT2D eigenvalue weighted by Gasteiger charge is 2.32. The first-order valence-corrected chi connectivity index (χ1v) is 8.89. The smallest absolute Gasteiger partial charge is 0.195 e. The molecule has 1 fully saturated rings. The number of rotatable bonds is 2. The maximum Gasteiger partial charge on any atom is 0.282 e. The summed E-state index contributed by atoms with van der Waals surface area (Å²) in [6.07, 6.45) is 5.10. The van der Waals surface area contributed by atoms with Crippen LogP contribution < -0.4 is 0 Å². The largest absolute Gasteiger partial charge is 0.282 e. The predicted molar refractivity (Wildman–Crippen MR) is 79.5 cm³/mol. The van der Waals surface area contributed by atoms with Gasteiger partial charge in [-0.15, -0.1) is 0 Å². The number of hydrogen-bond donors (Lipinski definition) is 0. The Morgan fingerprint density at radius 3 is 2.15 bits per heavy atom. The molecule has 2 aliphatic heterocycles. The van der Waals surface area contributed by atoms with Gasteiger partial charge in [0.05, 0.1) is 0 Å². The Balaban J connectivity index is 1.79. The lowest BCUT2D eigenvalue weighted by atomic mass is 10.0. The third-order valence-electron chi connectivity index (χ3n) is 4.31. The molecule has 0 saturated carbocycles. The van der Waals surface area contributed by atoms with Crippen LogP contribution in [0.25, 0.3) is 0 Å². The average molecular weight is 294 g/mol. The second-order valence-corrected chi connectivity index (χ2v) is 7.60. The molecule has 3 rings (SSSR count). The van der Waals surface area contributed by atoms with Crippen molar-refractivity contribution in [2.75, 3.05) is 19.6 Å². The fourth-order valence-corrected chi connectivity index (χ4v) is 4.77. The molecule has 0 bridgehead atoms. The molecule has 0 atom stereocenters. The van der Waals surface area contributed by atoms with Crippen molar-refractivity contribution in [2.45, 2.75) is 38.6 Å². The fraction of sp³-hybridized carbons (Fsp3) is 0.600. The Morgan fingerprint density at radius 1 is 0.800 bits per heavy atom. The van der Waals surface area contributed by atoms with Crippen molar-refractivity contribution >= 4 is 10.2 Å². The molecule has 0 aliphatic carbocycles. The molecule has 0 amide bonds. The summed E-state index contributed by atoms with van der Waals surface area (Å²) >= 11 is 0. The van der Waals surface area contributed by atoms with Crippen molar-refractivity contribution in [3.05, 3.63) is 35.4 Å². The van der Waals surface area contributed by atoms with Gasteiger partial charge in [0.25, 0.3) is 10.2 Å². The van der Waals surface area contributed by atoms with Gasteiger partial charge < -0.3 is 0 Å². The summed E-state index contributed by atoms with van der Waals surface area (Å²) in [6.45, 7) is 2.49. The molecule has 0 N–H and O–H groups in total. The van der Waals surface area contributed by atoms with Gasteiger partial charge in [0.2, 0.25) is 0 Å². The zero-order valence-electron chi connectivity index (χ0n) is 11.8. The first kappa shape index (κ1) is 14.0. The van der Waals surface area contributed by atoms with Gasteiger partial charge in [0, 0.05) is 26.2 Å². The monoisotopic (exact) mass is 294 g/mol. The van der Waals surface area contributed by atoms with Gasteiger partial charge in [0.15, 0.2) is 0 Å². The van der Waals surface area contributed by atoms with E-state index in [1.807, 2.05) is 18.2 Å². The van der Waals surface area contributed by atoms with E-state index < -0.39 is 10.2 Å². The van der Waals surface area contributed by atoms with Crippen LogP contribution in [0, 0.1) is 0 Å². The highest BCUT2D eigenvalue weighted by Crippen LogP contribution is 2.24. The second-order valence-electron chi connectivity index (χ2n) is 5.67. The maximum atomic E-state index is 12.8. The molecule has 0 unspecified atom stereocenters. The van der Waals surface area contributed by atoms with E-state index in [9.17, 15) is 8.42 Å². The molecule has 1 aromatic carbocycles. The summed E-state index contributed by atoms with van der Waals surface area (Å²) in [5.74, 6) is 0. The van der Waals surface area contributed by atoms with Gasteiger partial charge >= 0.3 is 0 Å². The van der Waals surface area contributed by atoms with Crippen LogP contribution in [0.4, 0.5) is 0 Å². The van der Waals surface area contributed by atoms with Gasteiger partial charge in [-0.2, -0.15) is 17.0 Å². The summed E-state index contributed by atoms with van der Waals surface area (Å²) in [5.41, 5.74) is 2.44. The van der Waals surface area contributed by atoms with E-state index in [-0.39, 0.29) is 0 Å². The zero-order chi connectivity index (χ0) is 14.0. The molecular formula is C15H22N2O2S. The van der Waals surface area contributed by atoms with Gasteiger partial charge in [-0.25, -0.2) is 0 Å². The number of benzene rings is 1. The molecule has 2 heterocycles. The van der Waals surface area contributed by atoms with Crippen molar-refractivity contribution in [3.63, 3.8) is 0 Å². The van der Waals surface area contributed by atoms with Crippen molar-refractivity contribution in [1.29, 1.82) is 0 Å². The van der Waals surface area contributed by atoms with Gasteiger partial charge in [-0.3, -0.25) is 0 Å². The molecule has 110 valence electrons. The van der Waals surface area contributed by atoms with Crippen LogP contribution in [0.3, 0.4) is 0 Å². The maximum absolute atomic E-state index is 12.8. The van der Waals surface area contributed by atoms with E-state index in [0.29, 0.717) is 26.2 Å². The topological polar surface area (TPSA) is 40.6 Å². The third kappa shape index (κ3) is 2.75. The van der Waals surface area contributed by atoms with Crippen LogP contribution in [-0.2, 0) is 23.2 Å². The minimum absolute atomic E-state index is 0.523. The van der Waals surface area contributed by atoms with Crippen molar-refractivity contribution in [1.82, 2.24) is 8.61 Å². The van der Waals surface area contributed by atoms with E-state index in [2.05, 4.69) is 6.07 Å². The second kappa shape index (κ2) is 5.84. The number of hydrogen-bond acceptors (Lipinski definition) is 2. The lowest BCUT2D eigenvalue weighted by Crippen LogP contribution is -2.46. The molecule has 2 aliphatic rings. The standard InChI is InChI=1S/C15H22N2O2S/c18-20(19,16-10-5-1-2-6-11-16)17-12-9-14-7-3-4-8-15(14)13-17/h3-4,7-8H,1-2,5-6,9-13H2. The Hall–Kier alpha value is -0.910. The quantitative estimate of drug-likeness (QED) is 0.838. The molecule has 5 heteroatoms. The molecule has 1 saturated heterocycles. The van der Waals surface area contributed by atoms with Crippen molar-refractivity contribution in [2.24, 2.45) is 0 Å². The highest BCUT2D eigenvalue weighted by atomic mass is 32.2. The van der Waals surface area contributed by atoms with E-state index in [1.165, 1.54) is 5.56 Å². The first-order valence-electron chi connectivity index (χ1n) is 7.50. The van der Waals surface area contributed by atoms with Gasteiger partial charge in [0.1, 0.15) is 0 Å². The van der Waals surface area contributed by atoms with Crippen LogP contribution in [0.5, 0.6) is 0 Å². The molecule has 0 aromatic heterocycles. The Morgan fingerprint density at radius 2 is 1.45 bits per heavy atom. The van der Waals surface area contributed by atoms with E-state index >= 15 is 0 Å². The van der Waals surface area contributed by atoms with E-state index in [4.69, 9.17) is 0 Å². The van der Waals surface area contributed by atoms with Gasteiger partial charge in [-0.05, 0) is 30.4 Å². The van der Waals surface area contributed by atoms with Crippen LogP contribution in [0.2, 0.25) is 0 Å². The van der Waals surface area contributed by atoms with E-state index in [0.717, 1.165) is 37.7 Å². The summed E-state index contributed by atoms with van der Waals surface area (Å²) in [4.78, 5) is 0. The Labute approximate surface area is 121 Å². The third-order valence-corrected chi connectivity index (χ3v) is 6.30. The van der Waals surface area contributed by atoms with Crippen LogP contribution in [-0.4, -0.2) is 36.7 Å². The molecule has 20 heavy (non-hydrogen) atoms. The van der Waals surface area contributed by atoms with Crippen LogP contribution in [0.15, 0.2) is 24.3 Å². The molecule has 0 spiro atoms. The Bertz CT molecular complexity index is 563. The number of nitrogens with zero attached hydrogens (tertiary/aromatic N) is 2. The predicted octanol–water partition coefficient (Wildman–Crippen LogP) is 2.17. The van der Waals surface area contributed by atoms with Crippen LogP contribution in [0.1, 0.15) is 36.8 Å². The highest BCUT2D eigenvalue weighted by molar-refractivity contribution is 7.86. The van der Waals surface area contributed by atoms with Crippen LogP contribution >= 0.6 is 0 Å². The summed E-state index contributed by atoms with van der Waals surface area (Å²) < 4.78 is 28.9. The van der Waals surface area contributed by atoms with Crippen molar-refractivity contribution in [3.8, 4) is 0 Å². The molecule has 4 nitrogen and oxygen atoms in total. The molecule has 1 aromatic rings. The SMILES string of the molecule is O=S(=O)(N1CCCCCC1)N1CCc2ccccc2C1. The fourth-order valence-electron chi connectivity index (χ4n) is 3.10. The van der Waals surface area contributed by atoms with Gasteiger partial charge in [-0.1, -0.05) is 37.1 Å². The van der Waals surface area contributed by atoms with Crippen molar-refractivity contribution < 1.29 is 8.42 Å².